The van der Waals surface area contributed by atoms with Crippen LogP contribution in [0.25, 0.3) is 0 Å². The smallest absolute Gasteiger partial charge is 0.0576 e. The second-order valence-electron chi connectivity index (χ2n) is 14.3. The summed E-state index contributed by atoms with van der Waals surface area (Å²) in [6, 6.07) is 0. The molecule has 0 aromatic heterocycles. The molecule has 0 aliphatic heterocycles. The molecule has 0 radical (unpaired) electrons. The van der Waals surface area contributed by atoms with Crippen LogP contribution in [0.15, 0.2) is 0 Å². The van der Waals surface area contributed by atoms with E-state index in [9.17, 15) is 0 Å². The van der Waals surface area contributed by atoms with Crippen LogP contribution in [0, 0.1) is 5.41 Å². The maximum Gasteiger partial charge on any atom is 0.0576 e. The van der Waals surface area contributed by atoms with Crippen molar-refractivity contribution in [2.75, 3.05) is 0 Å². The molecule has 0 heterocycles. The summed E-state index contributed by atoms with van der Waals surface area (Å²) in [6.07, 6.45) is 47.9. The molecule has 0 spiro atoms. The van der Waals surface area contributed by atoms with Crippen LogP contribution in [0.4, 0.5) is 0 Å². The lowest BCUT2D eigenvalue weighted by molar-refractivity contribution is 0.200. The average molecular weight is 579 g/mol. The number of rotatable bonds is 35. The van der Waals surface area contributed by atoms with E-state index >= 15 is 0 Å². The Hall–Kier alpha value is -0.0800. The zero-order valence-corrected chi connectivity index (χ0v) is 29.3. The topological polar surface area (TPSA) is 52.0 Å². The summed E-state index contributed by atoms with van der Waals surface area (Å²) in [4.78, 5) is 0. The highest BCUT2D eigenvalue weighted by Gasteiger charge is 2.28. The normalized spacial score (nSPS) is 12.1. The molecule has 0 amide bonds. The summed E-state index contributed by atoms with van der Waals surface area (Å²) in [7, 11) is 0. The van der Waals surface area contributed by atoms with Crippen molar-refractivity contribution in [1.29, 1.82) is 0 Å². The van der Waals surface area contributed by atoms with Crippen LogP contribution in [-0.2, 0) is 0 Å². The van der Waals surface area contributed by atoms with Crippen LogP contribution in [-0.4, -0.2) is 6.17 Å². The fourth-order valence-electron chi connectivity index (χ4n) is 6.61. The van der Waals surface area contributed by atoms with E-state index in [1.807, 2.05) is 0 Å². The third kappa shape index (κ3) is 29.8. The Balaban J connectivity index is 3.50. The van der Waals surface area contributed by atoms with E-state index in [1.165, 1.54) is 218 Å². The lowest BCUT2D eigenvalue weighted by Gasteiger charge is -2.33. The molecular weight excluding hydrogens is 496 g/mol. The largest absolute Gasteiger partial charge is 0.316 e. The first-order chi connectivity index (χ1) is 20.1. The Kier molecular flexibility index (Phi) is 32.8. The minimum atomic E-state index is -0.171. The molecule has 2 heteroatoms. The number of nitrogens with two attached hydrogens (primary N) is 2. The maximum atomic E-state index is 6.28. The number of hydrogen-bond donors (Lipinski definition) is 2. The van der Waals surface area contributed by atoms with Gasteiger partial charge in [0.15, 0.2) is 0 Å². The zero-order valence-electron chi connectivity index (χ0n) is 29.3. The van der Waals surface area contributed by atoms with Crippen LogP contribution in [0.1, 0.15) is 239 Å². The standard InChI is InChI=1S/C39H82N2/c1-4-6-8-10-12-14-16-18-20-22-24-26-28-30-32-34-36-39(3,38(40)41)37-35-33-31-29-27-25-23-21-19-17-15-13-11-9-7-5-2/h38H,4-37,40-41H2,1-3H3. The van der Waals surface area contributed by atoms with Crippen molar-refractivity contribution >= 4 is 0 Å². The lowest BCUT2D eigenvalue weighted by atomic mass is 9.77. The highest BCUT2D eigenvalue weighted by atomic mass is 14.9. The van der Waals surface area contributed by atoms with Gasteiger partial charge in [0.25, 0.3) is 0 Å². The van der Waals surface area contributed by atoms with Gasteiger partial charge in [-0.15, -0.1) is 0 Å². The van der Waals surface area contributed by atoms with E-state index in [-0.39, 0.29) is 11.6 Å². The summed E-state index contributed by atoms with van der Waals surface area (Å²) in [6.45, 7) is 6.96. The fraction of sp³-hybridized carbons (Fsp3) is 1.00. The molecule has 41 heavy (non-hydrogen) atoms. The molecule has 2 nitrogen and oxygen atoms in total. The van der Waals surface area contributed by atoms with Crippen LogP contribution in [0.2, 0.25) is 0 Å². The SMILES string of the molecule is CCCCCCCCCCCCCCCCCCC(C)(CCCCCCCCCCCCCCCCCC)C(N)N. The first kappa shape index (κ1) is 40.9. The highest BCUT2D eigenvalue weighted by Crippen LogP contribution is 2.32. The third-order valence-electron chi connectivity index (χ3n) is 10.0. The Morgan fingerprint density at radius 1 is 0.317 bits per heavy atom. The molecule has 0 aromatic carbocycles. The molecule has 0 bridgehead atoms. The van der Waals surface area contributed by atoms with Crippen LogP contribution in [0.5, 0.6) is 0 Å². The molecular formula is C39H82N2. The van der Waals surface area contributed by atoms with Gasteiger partial charge in [-0.1, -0.05) is 226 Å². The average Bonchev–Trinajstić information content (AvgIpc) is 2.96. The first-order valence-electron chi connectivity index (χ1n) is 19.6. The Bertz CT molecular complexity index is 438. The van der Waals surface area contributed by atoms with E-state index in [0.717, 1.165) is 0 Å². The molecule has 0 rings (SSSR count). The monoisotopic (exact) mass is 579 g/mol. The summed E-state index contributed by atoms with van der Waals surface area (Å²) in [5.41, 5.74) is 12.7. The minimum Gasteiger partial charge on any atom is -0.316 e. The Morgan fingerprint density at radius 3 is 0.659 bits per heavy atom. The van der Waals surface area contributed by atoms with Gasteiger partial charge in [-0.2, -0.15) is 0 Å². The summed E-state index contributed by atoms with van der Waals surface area (Å²) < 4.78 is 0. The lowest BCUT2D eigenvalue weighted by Crippen LogP contribution is -2.46. The molecule has 0 atom stereocenters. The van der Waals surface area contributed by atoms with E-state index in [4.69, 9.17) is 11.5 Å². The van der Waals surface area contributed by atoms with Gasteiger partial charge in [0.2, 0.25) is 0 Å². The van der Waals surface area contributed by atoms with E-state index in [2.05, 4.69) is 20.8 Å². The van der Waals surface area contributed by atoms with Crippen LogP contribution in [0.3, 0.4) is 0 Å². The molecule has 0 aromatic rings. The van der Waals surface area contributed by atoms with Gasteiger partial charge in [0.05, 0.1) is 6.17 Å². The van der Waals surface area contributed by atoms with Gasteiger partial charge in [-0.05, 0) is 18.3 Å². The summed E-state index contributed by atoms with van der Waals surface area (Å²) in [5.74, 6) is 0. The molecule has 0 aliphatic carbocycles. The number of hydrogen-bond acceptors (Lipinski definition) is 2. The summed E-state index contributed by atoms with van der Waals surface area (Å²) in [5, 5.41) is 0. The Morgan fingerprint density at radius 2 is 0.488 bits per heavy atom. The molecule has 4 N–H and O–H groups in total. The highest BCUT2D eigenvalue weighted by molar-refractivity contribution is 4.81. The van der Waals surface area contributed by atoms with Gasteiger partial charge >= 0.3 is 0 Å². The van der Waals surface area contributed by atoms with Gasteiger partial charge in [-0.3, -0.25) is 0 Å². The second kappa shape index (κ2) is 32.8. The van der Waals surface area contributed by atoms with Crippen molar-refractivity contribution in [2.24, 2.45) is 16.9 Å². The van der Waals surface area contributed by atoms with Crippen molar-refractivity contribution in [3.05, 3.63) is 0 Å². The first-order valence-corrected chi connectivity index (χ1v) is 19.6. The van der Waals surface area contributed by atoms with Crippen LogP contribution < -0.4 is 11.5 Å². The summed E-state index contributed by atoms with van der Waals surface area (Å²) >= 11 is 0. The molecule has 0 fully saturated rings. The minimum absolute atomic E-state index is 0.131. The van der Waals surface area contributed by atoms with Crippen molar-refractivity contribution in [2.45, 2.75) is 245 Å². The molecule has 0 saturated heterocycles. The van der Waals surface area contributed by atoms with Crippen LogP contribution >= 0.6 is 0 Å². The predicted molar refractivity (Wildman–Crippen MR) is 189 cm³/mol. The molecule has 0 saturated carbocycles. The van der Waals surface area contributed by atoms with Crippen molar-refractivity contribution in [3.8, 4) is 0 Å². The molecule has 248 valence electrons. The van der Waals surface area contributed by atoms with E-state index < -0.39 is 0 Å². The third-order valence-corrected chi connectivity index (χ3v) is 10.0. The van der Waals surface area contributed by atoms with Crippen molar-refractivity contribution in [3.63, 3.8) is 0 Å². The Labute approximate surface area is 261 Å². The zero-order chi connectivity index (χ0) is 30.1. The van der Waals surface area contributed by atoms with Gasteiger partial charge < -0.3 is 11.5 Å². The van der Waals surface area contributed by atoms with Crippen molar-refractivity contribution in [1.82, 2.24) is 0 Å². The predicted octanol–water partition coefficient (Wildman–Crippen LogP) is 13.5. The molecule has 0 aliphatic rings. The van der Waals surface area contributed by atoms with E-state index in [1.54, 1.807) is 0 Å². The van der Waals surface area contributed by atoms with Crippen molar-refractivity contribution < 1.29 is 0 Å². The fourth-order valence-corrected chi connectivity index (χ4v) is 6.61. The molecule has 0 unspecified atom stereocenters. The number of unbranched alkanes of at least 4 members (excludes halogenated alkanes) is 30. The quantitative estimate of drug-likeness (QED) is 0.0580. The van der Waals surface area contributed by atoms with Gasteiger partial charge in [-0.25, -0.2) is 0 Å². The second-order valence-corrected chi connectivity index (χ2v) is 14.3. The van der Waals surface area contributed by atoms with E-state index in [0.29, 0.717) is 0 Å². The van der Waals surface area contributed by atoms with Gasteiger partial charge in [0, 0.05) is 0 Å². The van der Waals surface area contributed by atoms with Gasteiger partial charge in [0.1, 0.15) is 0 Å². The maximum absolute atomic E-state index is 6.28.